The number of alkyl halides is 3. The number of halogens is 3. The monoisotopic (exact) mass is 342 g/mol. The second-order valence-electron chi connectivity index (χ2n) is 4.40. The quantitative estimate of drug-likeness (QED) is 0.818. The Morgan fingerprint density at radius 1 is 1.17 bits per heavy atom. The van der Waals surface area contributed by atoms with Crippen molar-refractivity contribution in [1.29, 1.82) is 0 Å². The van der Waals surface area contributed by atoms with Crippen LogP contribution in [0, 0.1) is 0 Å². The van der Waals surface area contributed by atoms with Gasteiger partial charge in [-0.3, -0.25) is 9.78 Å². The van der Waals surface area contributed by atoms with Crippen LogP contribution in [-0.4, -0.2) is 23.0 Å². The van der Waals surface area contributed by atoms with Gasteiger partial charge < -0.3 is 10.1 Å². The molecule has 2 aromatic rings. The largest absolute Gasteiger partial charge is 0.573 e. The summed E-state index contributed by atoms with van der Waals surface area (Å²) in [7, 11) is 0. The van der Waals surface area contributed by atoms with Crippen LogP contribution < -0.4 is 10.1 Å². The molecule has 0 spiro atoms. The maximum Gasteiger partial charge on any atom is 0.573 e. The maximum atomic E-state index is 12.3. The Kier molecular flexibility index (Phi) is 5.86. The van der Waals surface area contributed by atoms with Gasteiger partial charge in [0.1, 0.15) is 5.75 Å². The number of nitrogens with zero attached hydrogens (tertiary/aromatic N) is 1. The highest BCUT2D eigenvalue weighted by Crippen LogP contribution is 2.26. The van der Waals surface area contributed by atoms with Gasteiger partial charge in [0.15, 0.2) is 0 Å². The SMILES string of the molecule is O=C(CSc1ccncc1)NCc1ccccc1OC(F)(F)F. The van der Waals surface area contributed by atoms with Gasteiger partial charge in [0.05, 0.1) is 5.75 Å². The number of pyridine rings is 1. The molecule has 0 unspecified atom stereocenters. The summed E-state index contributed by atoms with van der Waals surface area (Å²) < 4.78 is 40.9. The van der Waals surface area contributed by atoms with Crippen molar-refractivity contribution >= 4 is 17.7 Å². The first kappa shape index (κ1) is 17.1. The van der Waals surface area contributed by atoms with E-state index in [4.69, 9.17) is 0 Å². The minimum atomic E-state index is -4.77. The smallest absolute Gasteiger partial charge is 0.405 e. The molecule has 0 radical (unpaired) electrons. The predicted molar refractivity (Wildman–Crippen MR) is 79.9 cm³/mol. The highest BCUT2D eigenvalue weighted by molar-refractivity contribution is 8.00. The molecule has 122 valence electrons. The van der Waals surface area contributed by atoms with Gasteiger partial charge in [-0.05, 0) is 18.2 Å². The van der Waals surface area contributed by atoms with Crippen LogP contribution in [0.2, 0.25) is 0 Å². The number of hydrogen-bond donors (Lipinski definition) is 1. The summed E-state index contributed by atoms with van der Waals surface area (Å²) in [4.78, 5) is 16.5. The first-order valence-electron chi connectivity index (χ1n) is 6.57. The summed E-state index contributed by atoms with van der Waals surface area (Å²) in [6.45, 7) is -0.0397. The van der Waals surface area contributed by atoms with Crippen LogP contribution >= 0.6 is 11.8 Å². The van der Waals surface area contributed by atoms with E-state index in [0.29, 0.717) is 0 Å². The Morgan fingerprint density at radius 3 is 2.57 bits per heavy atom. The molecule has 0 aliphatic carbocycles. The molecule has 1 aromatic heterocycles. The van der Waals surface area contributed by atoms with Crippen molar-refractivity contribution in [3.63, 3.8) is 0 Å². The first-order valence-corrected chi connectivity index (χ1v) is 7.56. The zero-order valence-corrected chi connectivity index (χ0v) is 12.7. The minimum Gasteiger partial charge on any atom is -0.405 e. The summed E-state index contributed by atoms with van der Waals surface area (Å²) in [6, 6.07) is 9.23. The molecule has 0 aliphatic rings. The van der Waals surface area contributed by atoms with Crippen LogP contribution in [0.3, 0.4) is 0 Å². The lowest BCUT2D eigenvalue weighted by Crippen LogP contribution is -2.25. The van der Waals surface area contributed by atoms with E-state index in [1.54, 1.807) is 30.6 Å². The molecule has 0 bridgehead atoms. The van der Waals surface area contributed by atoms with Crippen LogP contribution in [0.25, 0.3) is 0 Å². The van der Waals surface area contributed by atoms with Gasteiger partial charge >= 0.3 is 6.36 Å². The van der Waals surface area contributed by atoms with E-state index >= 15 is 0 Å². The Labute approximate surface area is 135 Å². The molecule has 0 atom stereocenters. The molecule has 0 saturated heterocycles. The Morgan fingerprint density at radius 2 is 1.87 bits per heavy atom. The minimum absolute atomic E-state index is 0.0397. The molecule has 1 N–H and O–H groups in total. The maximum absolute atomic E-state index is 12.3. The fourth-order valence-corrected chi connectivity index (χ4v) is 2.42. The molecule has 0 aliphatic heterocycles. The number of carbonyl (C=O) groups is 1. The van der Waals surface area contributed by atoms with E-state index in [1.807, 2.05) is 0 Å². The van der Waals surface area contributed by atoms with Crippen molar-refractivity contribution in [3.8, 4) is 5.75 Å². The lowest BCUT2D eigenvalue weighted by Gasteiger charge is -2.13. The molecule has 0 fully saturated rings. The van der Waals surface area contributed by atoms with Gasteiger partial charge in [-0.25, -0.2) is 0 Å². The number of ether oxygens (including phenoxy) is 1. The number of carbonyl (C=O) groups excluding carboxylic acids is 1. The summed E-state index contributed by atoms with van der Waals surface area (Å²) in [5, 5.41) is 2.57. The number of nitrogens with one attached hydrogen (secondary N) is 1. The van der Waals surface area contributed by atoms with Gasteiger partial charge in [0.2, 0.25) is 5.91 Å². The van der Waals surface area contributed by atoms with Gasteiger partial charge in [-0.1, -0.05) is 18.2 Å². The number of amides is 1. The number of benzene rings is 1. The molecule has 2 rings (SSSR count). The summed E-state index contributed by atoms with van der Waals surface area (Å²) in [5.41, 5.74) is 0.257. The summed E-state index contributed by atoms with van der Waals surface area (Å²) in [5.74, 6) is -0.442. The third kappa shape index (κ3) is 6.19. The first-order chi connectivity index (χ1) is 10.9. The van der Waals surface area contributed by atoms with Crippen molar-refractivity contribution in [1.82, 2.24) is 10.3 Å². The lowest BCUT2D eigenvalue weighted by molar-refractivity contribution is -0.274. The van der Waals surface area contributed by atoms with Gasteiger partial charge in [0.25, 0.3) is 0 Å². The average molecular weight is 342 g/mol. The van der Waals surface area contributed by atoms with Crippen molar-refractivity contribution in [2.24, 2.45) is 0 Å². The van der Waals surface area contributed by atoms with Crippen LogP contribution in [0.5, 0.6) is 5.75 Å². The topological polar surface area (TPSA) is 51.2 Å². The third-order valence-electron chi connectivity index (χ3n) is 2.69. The Hall–Kier alpha value is -2.22. The van der Waals surface area contributed by atoms with E-state index in [2.05, 4.69) is 15.0 Å². The molecule has 1 amide bonds. The van der Waals surface area contributed by atoms with Crippen LogP contribution in [0.15, 0.2) is 53.7 Å². The number of rotatable bonds is 6. The highest BCUT2D eigenvalue weighted by Gasteiger charge is 2.31. The fraction of sp³-hybridized carbons (Fsp3) is 0.200. The number of para-hydroxylation sites is 1. The Balaban J connectivity index is 1.87. The zero-order valence-electron chi connectivity index (χ0n) is 11.8. The predicted octanol–water partition coefficient (Wildman–Crippen LogP) is 3.39. The van der Waals surface area contributed by atoms with Crippen molar-refractivity contribution < 1.29 is 22.7 Å². The molecule has 1 aromatic carbocycles. The van der Waals surface area contributed by atoms with Gasteiger partial charge in [-0.15, -0.1) is 24.9 Å². The molecular weight excluding hydrogens is 329 g/mol. The molecule has 4 nitrogen and oxygen atoms in total. The van der Waals surface area contributed by atoms with E-state index in [1.165, 1.54) is 30.0 Å². The fourth-order valence-electron chi connectivity index (χ4n) is 1.70. The van der Waals surface area contributed by atoms with Gasteiger partial charge in [-0.2, -0.15) is 0 Å². The summed E-state index contributed by atoms with van der Waals surface area (Å²) in [6.07, 6.45) is -1.53. The van der Waals surface area contributed by atoms with Crippen molar-refractivity contribution in [2.45, 2.75) is 17.8 Å². The second kappa shape index (κ2) is 7.87. The van der Waals surface area contributed by atoms with Crippen LogP contribution in [0.4, 0.5) is 13.2 Å². The average Bonchev–Trinajstić information content (AvgIpc) is 2.51. The third-order valence-corrected chi connectivity index (χ3v) is 3.71. The zero-order chi connectivity index (χ0) is 16.7. The van der Waals surface area contributed by atoms with E-state index < -0.39 is 6.36 Å². The Bertz CT molecular complexity index is 651. The molecule has 0 saturated carbocycles. The molecule has 23 heavy (non-hydrogen) atoms. The standard InChI is InChI=1S/C15H13F3N2O2S/c16-15(17,18)22-13-4-2-1-3-11(13)9-20-14(21)10-23-12-5-7-19-8-6-12/h1-8H,9-10H2,(H,20,21). The highest BCUT2D eigenvalue weighted by atomic mass is 32.2. The number of hydrogen-bond acceptors (Lipinski definition) is 4. The molecule has 8 heteroatoms. The molecule has 1 heterocycles. The second-order valence-corrected chi connectivity index (χ2v) is 5.45. The lowest BCUT2D eigenvalue weighted by atomic mass is 10.2. The number of aromatic nitrogens is 1. The normalized spacial score (nSPS) is 11.1. The van der Waals surface area contributed by atoms with Crippen LogP contribution in [0.1, 0.15) is 5.56 Å². The van der Waals surface area contributed by atoms with E-state index in [-0.39, 0.29) is 29.5 Å². The van der Waals surface area contributed by atoms with Crippen molar-refractivity contribution in [3.05, 3.63) is 54.4 Å². The van der Waals surface area contributed by atoms with Crippen molar-refractivity contribution in [2.75, 3.05) is 5.75 Å². The van der Waals surface area contributed by atoms with Gasteiger partial charge in [0, 0.05) is 29.4 Å². The summed E-state index contributed by atoms with van der Waals surface area (Å²) >= 11 is 1.31. The van der Waals surface area contributed by atoms with E-state index in [0.717, 1.165) is 4.90 Å². The molecular formula is C15H13F3N2O2S. The number of thioether (sulfide) groups is 1. The van der Waals surface area contributed by atoms with Crippen LogP contribution in [-0.2, 0) is 11.3 Å². The van der Waals surface area contributed by atoms with E-state index in [9.17, 15) is 18.0 Å².